The van der Waals surface area contributed by atoms with Gasteiger partial charge in [-0.3, -0.25) is 23.5 Å². The molecule has 8 heteroatoms. The molecular weight excluding hydrogens is 338 g/mol. The predicted molar refractivity (Wildman–Crippen MR) is 96.1 cm³/mol. The van der Waals surface area contributed by atoms with Gasteiger partial charge in [0.2, 0.25) is 5.78 Å². The predicted octanol–water partition coefficient (Wildman–Crippen LogP) is 0.586. The van der Waals surface area contributed by atoms with Gasteiger partial charge in [0.1, 0.15) is 11.4 Å². The van der Waals surface area contributed by atoms with E-state index < -0.39 is 35.5 Å². The van der Waals surface area contributed by atoms with Crippen LogP contribution in [0.25, 0.3) is 0 Å². The average Bonchev–Trinajstić information content (AvgIpc) is 2.64. The van der Waals surface area contributed by atoms with Gasteiger partial charge in [0, 0.05) is 14.1 Å². The lowest BCUT2D eigenvalue weighted by molar-refractivity contribution is -0.144. The Morgan fingerprint density at radius 3 is 2.31 bits per heavy atom. The summed E-state index contributed by atoms with van der Waals surface area (Å²) in [7, 11) is 2.60. The summed E-state index contributed by atoms with van der Waals surface area (Å²) in [4.78, 5) is 48.6. The van der Waals surface area contributed by atoms with Crippen LogP contribution in [0.4, 0.5) is 5.82 Å². The zero-order chi connectivity index (χ0) is 19.4. The molecule has 2 N–H and O–H groups in total. The quantitative estimate of drug-likeness (QED) is 0.596. The van der Waals surface area contributed by atoms with E-state index in [9.17, 15) is 19.2 Å². The van der Waals surface area contributed by atoms with Gasteiger partial charge in [0.15, 0.2) is 6.61 Å². The number of anilines is 1. The van der Waals surface area contributed by atoms with Crippen molar-refractivity contribution in [2.45, 2.75) is 19.3 Å². The third-order valence-electron chi connectivity index (χ3n) is 4.23. The summed E-state index contributed by atoms with van der Waals surface area (Å²) >= 11 is 0. The van der Waals surface area contributed by atoms with E-state index in [-0.39, 0.29) is 11.4 Å². The second kappa shape index (κ2) is 7.81. The summed E-state index contributed by atoms with van der Waals surface area (Å²) in [5, 5.41) is 0. The monoisotopic (exact) mass is 359 g/mol. The number of benzene rings is 1. The number of hydrogen-bond donors (Lipinski definition) is 1. The Bertz CT molecular complexity index is 944. The number of nitrogen functional groups attached to an aromatic ring is 1. The van der Waals surface area contributed by atoms with E-state index in [0.717, 1.165) is 14.7 Å². The molecule has 0 amide bonds. The van der Waals surface area contributed by atoms with E-state index in [1.54, 1.807) is 12.1 Å². The van der Waals surface area contributed by atoms with Crippen molar-refractivity contribution in [2.75, 3.05) is 12.3 Å². The second-order valence-electron chi connectivity index (χ2n) is 5.87. The Kier molecular flexibility index (Phi) is 5.76. The van der Waals surface area contributed by atoms with Crippen molar-refractivity contribution in [1.29, 1.82) is 0 Å². The molecule has 1 atom stereocenters. The topological polar surface area (TPSA) is 113 Å². The van der Waals surface area contributed by atoms with Crippen LogP contribution in [-0.2, 0) is 23.6 Å². The van der Waals surface area contributed by atoms with E-state index in [1.165, 1.54) is 14.1 Å². The molecule has 1 aromatic heterocycles. The first-order valence-electron chi connectivity index (χ1n) is 8.09. The number of esters is 1. The third kappa shape index (κ3) is 3.58. The lowest BCUT2D eigenvalue weighted by Crippen LogP contribution is -2.42. The highest BCUT2D eigenvalue weighted by Gasteiger charge is 2.24. The van der Waals surface area contributed by atoms with Gasteiger partial charge in [-0.1, -0.05) is 37.3 Å². The van der Waals surface area contributed by atoms with Crippen LogP contribution < -0.4 is 17.0 Å². The molecule has 0 saturated carbocycles. The number of ketones is 1. The van der Waals surface area contributed by atoms with E-state index in [4.69, 9.17) is 10.5 Å². The molecule has 0 aliphatic carbocycles. The third-order valence-corrected chi connectivity index (χ3v) is 4.23. The molecule has 0 fully saturated rings. The normalized spacial score (nSPS) is 11.8. The van der Waals surface area contributed by atoms with Crippen LogP contribution in [0.15, 0.2) is 39.9 Å². The van der Waals surface area contributed by atoms with Crippen LogP contribution in [0, 0.1) is 0 Å². The van der Waals surface area contributed by atoms with Crippen molar-refractivity contribution in [3.05, 3.63) is 62.3 Å². The Balaban J connectivity index is 2.20. The fourth-order valence-corrected chi connectivity index (χ4v) is 2.66. The number of nitrogens with two attached hydrogens (primary N) is 1. The van der Waals surface area contributed by atoms with Crippen LogP contribution >= 0.6 is 0 Å². The van der Waals surface area contributed by atoms with Crippen molar-refractivity contribution < 1.29 is 14.3 Å². The molecule has 2 aromatic rings. The zero-order valence-electron chi connectivity index (χ0n) is 14.9. The zero-order valence-corrected chi connectivity index (χ0v) is 14.9. The molecule has 138 valence electrons. The highest BCUT2D eigenvalue weighted by Crippen LogP contribution is 2.20. The molecule has 1 aromatic carbocycles. The van der Waals surface area contributed by atoms with Gasteiger partial charge in [-0.15, -0.1) is 0 Å². The fourth-order valence-electron chi connectivity index (χ4n) is 2.66. The number of rotatable bonds is 6. The lowest BCUT2D eigenvalue weighted by Gasteiger charge is -2.15. The van der Waals surface area contributed by atoms with Gasteiger partial charge in [-0.2, -0.15) is 0 Å². The number of aromatic nitrogens is 2. The number of nitrogens with zero attached hydrogens (tertiary/aromatic N) is 2. The van der Waals surface area contributed by atoms with Crippen molar-refractivity contribution in [3.63, 3.8) is 0 Å². The van der Waals surface area contributed by atoms with Gasteiger partial charge >= 0.3 is 11.7 Å². The second-order valence-corrected chi connectivity index (χ2v) is 5.87. The smallest absolute Gasteiger partial charge is 0.332 e. The van der Waals surface area contributed by atoms with Gasteiger partial charge in [-0.05, 0) is 12.0 Å². The summed E-state index contributed by atoms with van der Waals surface area (Å²) in [5.74, 6) is -2.08. The minimum absolute atomic E-state index is 0.255. The fraction of sp³-hybridized carbons (Fsp3) is 0.333. The van der Waals surface area contributed by atoms with Crippen LogP contribution in [-0.4, -0.2) is 27.5 Å². The van der Waals surface area contributed by atoms with Crippen LogP contribution in [0.5, 0.6) is 0 Å². The van der Waals surface area contributed by atoms with Crippen molar-refractivity contribution in [1.82, 2.24) is 9.13 Å². The molecule has 0 saturated heterocycles. The number of carbonyl (C=O) groups excluding carboxylic acids is 2. The SMILES string of the molecule is CCC(C(=O)OCC(=O)c1c(N)n(C)c(=O)n(C)c1=O)c1ccccc1. The van der Waals surface area contributed by atoms with Crippen molar-refractivity contribution in [2.24, 2.45) is 14.1 Å². The molecule has 0 spiro atoms. The highest BCUT2D eigenvalue weighted by atomic mass is 16.5. The summed E-state index contributed by atoms with van der Waals surface area (Å²) in [6.45, 7) is 1.21. The Hall–Kier alpha value is -3.16. The molecule has 1 heterocycles. The van der Waals surface area contributed by atoms with Crippen LogP contribution in [0.1, 0.15) is 35.2 Å². The lowest BCUT2D eigenvalue weighted by atomic mass is 9.97. The van der Waals surface area contributed by atoms with Gasteiger partial charge in [-0.25, -0.2) is 4.79 Å². The molecule has 0 aliphatic heterocycles. The van der Waals surface area contributed by atoms with E-state index in [2.05, 4.69) is 0 Å². The summed E-state index contributed by atoms with van der Waals surface area (Å²) < 4.78 is 6.88. The minimum atomic E-state index is -0.818. The van der Waals surface area contributed by atoms with Gasteiger partial charge < -0.3 is 10.5 Å². The molecule has 0 bridgehead atoms. The largest absolute Gasteiger partial charge is 0.457 e. The van der Waals surface area contributed by atoms with Crippen LogP contribution in [0.2, 0.25) is 0 Å². The first-order valence-corrected chi connectivity index (χ1v) is 8.09. The van der Waals surface area contributed by atoms with Crippen molar-refractivity contribution >= 4 is 17.6 Å². The maximum atomic E-state index is 12.4. The summed E-state index contributed by atoms with van der Waals surface area (Å²) in [6, 6.07) is 9.07. The Morgan fingerprint density at radius 1 is 1.12 bits per heavy atom. The first-order chi connectivity index (χ1) is 12.3. The van der Waals surface area contributed by atoms with E-state index in [0.29, 0.717) is 6.42 Å². The van der Waals surface area contributed by atoms with Gasteiger partial charge in [0.25, 0.3) is 5.56 Å². The Labute approximate surface area is 149 Å². The summed E-state index contributed by atoms with van der Waals surface area (Å²) in [6.07, 6.45) is 0.501. The molecule has 2 rings (SSSR count). The number of ether oxygens (including phenoxy) is 1. The number of Topliss-reactive ketones (excluding diaryl/α,β-unsaturated/α-hetero) is 1. The van der Waals surface area contributed by atoms with Gasteiger partial charge in [0.05, 0.1) is 5.92 Å². The summed E-state index contributed by atoms with van der Waals surface area (Å²) in [5.41, 5.74) is 4.68. The average molecular weight is 359 g/mol. The number of hydrogen-bond acceptors (Lipinski definition) is 6. The maximum absolute atomic E-state index is 12.4. The Morgan fingerprint density at radius 2 is 1.73 bits per heavy atom. The molecular formula is C18H21N3O5. The number of carbonyl (C=O) groups is 2. The maximum Gasteiger partial charge on any atom is 0.332 e. The first kappa shape index (κ1) is 19.2. The molecule has 0 radical (unpaired) electrons. The van der Waals surface area contributed by atoms with Crippen LogP contribution in [0.3, 0.4) is 0 Å². The molecule has 0 aliphatic rings. The highest BCUT2D eigenvalue weighted by molar-refractivity contribution is 6.01. The molecule has 1 unspecified atom stereocenters. The standard InChI is InChI=1S/C18H21N3O5/c1-4-12(11-8-6-5-7-9-11)17(24)26-10-13(22)14-15(19)20(2)18(25)21(3)16(14)23/h5-9,12H,4,10,19H2,1-3H3. The van der Waals surface area contributed by atoms with E-state index in [1.807, 2.05) is 25.1 Å². The van der Waals surface area contributed by atoms with E-state index >= 15 is 0 Å². The molecule has 26 heavy (non-hydrogen) atoms. The molecule has 8 nitrogen and oxygen atoms in total. The van der Waals surface area contributed by atoms with Crippen molar-refractivity contribution in [3.8, 4) is 0 Å². The minimum Gasteiger partial charge on any atom is -0.457 e.